The van der Waals surface area contributed by atoms with Crippen LogP contribution in [0.5, 0.6) is 0 Å². The first-order chi connectivity index (χ1) is 6.86. The van der Waals surface area contributed by atoms with Crippen LogP contribution in [-0.2, 0) is 13.1 Å². The molecule has 0 saturated carbocycles. The summed E-state index contributed by atoms with van der Waals surface area (Å²) in [6, 6.07) is 8.71. The maximum atomic E-state index is 3.48. The molecule has 76 valence electrons. The van der Waals surface area contributed by atoms with Crippen LogP contribution in [0.15, 0.2) is 24.3 Å². The van der Waals surface area contributed by atoms with Crippen LogP contribution in [0, 0.1) is 0 Å². The normalized spacial score (nSPS) is 19.2. The number of nitrogens with one attached hydrogen (secondary N) is 1. The molecule has 0 radical (unpaired) electrons. The second-order valence-electron chi connectivity index (χ2n) is 4.04. The Morgan fingerprint density at radius 1 is 1.21 bits per heavy atom. The highest BCUT2D eigenvalue weighted by atomic mass is 15.1. The Morgan fingerprint density at radius 2 is 2.00 bits per heavy atom. The fraction of sp³-hybridized carbons (Fsp3) is 0.500. The Balaban J connectivity index is 2.21. The summed E-state index contributed by atoms with van der Waals surface area (Å²) >= 11 is 0. The van der Waals surface area contributed by atoms with E-state index in [1.54, 1.807) is 0 Å². The van der Waals surface area contributed by atoms with Crippen LogP contribution >= 0.6 is 0 Å². The van der Waals surface area contributed by atoms with Crippen molar-refractivity contribution in [2.45, 2.75) is 19.5 Å². The molecule has 0 aliphatic carbocycles. The van der Waals surface area contributed by atoms with E-state index in [2.05, 4.69) is 41.5 Å². The van der Waals surface area contributed by atoms with Crippen molar-refractivity contribution in [1.82, 2.24) is 10.2 Å². The zero-order valence-electron chi connectivity index (χ0n) is 8.79. The molecule has 1 heterocycles. The molecule has 0 amide bonds. The summed E-state index contributed by atoms with van der Waals surface area (Å²) in [5.41, 5.74) is 2.91. The Bertz CT molecular complexity index is 296. The van der Waals surface area contributed by atoms with E-state index >= 15 is 0 Å². The fourth-order valence-corrected chi connectivity index (χ4v) is 1.95. The Labute approximate surface area is 85.9 Å². The maximum absolute atomic E-state index is 3.48. The highest BCUT2D eigenvalue weighted by molar-refractivity contribution is 5.27. The molecule has 0 atom stereocenters. The van der Waals surface area contributed by atoms with Crippen LogP contribution in [0.3, 0.4) is 0 Å². The van der Waals surface area contributed by atoms with E-state index in [-0.39, 0.29) is 0 Å². The number of hydrogen-bond donors (Lipinski definition) is 1. The number of nitrogens with zero attached hydrogens (tertiary/aromatic N) is 1. The molecular formula is C12H18N2. The average Bonchev–Trinajstić information content (AvgIpc) is 2.27. The number of fused-ring (bicyclic) bond motifs is 1. The molecule has 1 N–H and O–H groups in total. The summed E-state index contributed by atoms with van der Waals surface area (Å²) in [6.07, 6.45) is 1.24. The summed E-state index contributed by atoms with van der Waals surface area (Å²) in [5.74, 6) is 0. The monoisotopic (exact) mass is 190 g/mol. The topological polar surface area (TPSA) is 15.3 Å². The smallest absolute Gasteiger partial charge is 0.0233 e. The average molecular weight is 190 g/mol. The van der Waals surface area contributed by atoms with E-state index in [1.807, 2.05) is 0 Å². The lowest BCUT2D eigenvalue weighted by molar-refractivity contribution is 0.323. The Kier molecular flexibility index (Phi) is 3.17. The lowest BCUT2D eigenvalue weighted by Gasteiger charge is -2.16. The third-order valence-electron chi connectivity index (χ3n) is 2.77. The molecule has 0 bridgehead atoms. The number of hydrogen-bond acceptors (Lipinski definition) is 2. The van der Waals surface area contributed by atoms with E-state index in [9.17, 15) is 0 Å². The lowest BCUT2D eigenvalue weighted by atomic mass is 10.1. The molecule has 2 heteroatoms. The van der Waals surface area contributed by atoms with Gasteiger partial charge >= 0.3 is 0 Å². The molecule has 1 aliphatic heterocycles. The highest BCUT2D eigenvalue weighted by Crippen LogP contribution is 2.12. The van der Waals surface area contributed by atoms with Crippen LogP contribution in [0.2, 0.25) is 0 Å². The van der Waals surface area contributed by atoms with Crippen molar-refractivity contribution in [2.24, 2.45) is 0 Å². The van der Waals surface area contributed by atoms with Crippen molar-refractivity contribution < 1.29 is 0 Å². The van der Waals surface area contributed by atoms with E-state index in [1.165, 1.54) is 24.1 Å². The van der Waals surface area contributed by atoms with Crippen molar-refractivity contribution in [2.75, 3.05) is 20.1 Å². The van der Waals surface area contributed by atoms with Crippen LogP contribution in [0.25, 0.3) is 0 Å². The van der Waals surface area contributed by atoms with Gasteiger partial charge < -0.3 is 10.2 Å². The second kappa shape index (κ2) is 4.58. The summed E-state index contributed by atoms with van der Waals surface area (Å²) < 4.78 is 0. The van der Waals surface area contributed by atoms with Gasteiger partial charge in [-0.05, 0) is 37.7 Å². The third-order valence-corrected chi connectivity index (χ3v) is 2.77. The van der Waals surface area contributed by atoms with E-state index in [0.29, 0.717) is 0 Å². The molecule has 0 spiro atoms. The molecule has 1 aromatic rings. The van der Waals surface area contributed by atoms with E-state index in [4.69, 9.17) is 0 Å². The molecular weight excluding hydrogens is 172 g/mol. The molecule has 0 unspecified atom stereocenters. The summed E-state index contributed by atoms with van der Waals surface area (Å²) in [5, 5.41) is 3.48. The van der Waals surface area contributed by atoms with Crippen LogP contribution < -0.4 is 5.32 Å². The minimum Gasteiger partial charge on any atom is -0.313 e. The molecule has 0 fully saturated rings. The zero-order chi connectivity index (χ0) is 9.80. The lowest BCUT2D eigenvalue weighted by Crippen LogP contribution is -2.20. The van der Waals surface area contributed by atoms with Crippen LogP contribution in [0.4, 0.5) is 0 Å². The quantitative estimate of drug-likeness (QED) is 0.668. The van der Waals surface area contributed by atoms with Gasteiger partial charge in [-0.25, -0.2) is 0 Å². The maximum Gasteiger partial charge on any atom is 0.0233 e. The first-order valence-corrected chi connectivity index (χ1v) is 5.32. The van der Waals surface area contributed by atoms with Gasteiger partial charge in [0, 0.05) is 13.1 Å². The van der Waals surface area contributed by atoms with Crippen molar-refractivity contribution >= 4 is 0 Å². The third kappa shape index (κ3) is 2.34. The van der Waals surface area contributed by atoms with E-state index < -0.39 is 0 Å². The van der Waals surface area contributed by atoms with E-state index in [0.717, 1.165) is 19.6 Å². The van der Waals surface area contributed by atoms with Crippen molar-refractivity contribution in [1.29, 1.82) is 0 Å². The van der Waals surface area contributed by atoms with Gasteiger partial charge in [0.2, 0.25) is 0 Å². The highest BCUT2D eigenvalue weighted by Gasteiger charge is 2.07. The molecule has 14 heavy (non-hydrogen) atoms. The van der Waals surface area contributed by atoms with Gasteiger partial charge in [0.05, 0.1) is 0 Å². The Hall–Kier alpha value is -0.860. The number of rotatable bonds is 0. The largest absolute Gasteiger partial charge is 0.313 e. The zero-order valence-corrected chi connectivity index (χ0v) is 8.79. The first-order valence-electron chi connectivity index (χ1n) is 5.32. The van der Waals surface area contributed by atoms with Crippen LogP contribution in [0.1, 0.15) is 17.5 Å². The van der Waals surface area contributed by atoms with Crippen LogP contribution in [-0.4, -0.2) is 25.0 Å². The standard InChI is InChI=1S/C12H18N2/c1-14-8-4-7-13-9-11-5-2-3-6-12(11)10-14/h2-3,5-6,13H,4,7-10H2,1H3. The number of benzene rings is 1. The first kappa shape index (κ1) is 9.69. The molecule has 2 nitrogen and oxygen atoms in total. The second-order valence-corrected chi connectivity index (χ2v) is 4.04. The van der Waals surface area contributed by atoms with Crippen molar-refractivity contribution in [3.05, 3.63) is 35.4 Å². The SMILES string of the molecule is CN1CCCNCc2ccccc2C1. The summed E-state index contributed by atoms with van der Waals surface area (Å²) in [4.78, 5) is 2.39. The van der Waals surface area contributed by atoms with Crippen molar-refractivity contribution in [3.8, 4) is 0 Å². The molecule has 0 saturated heterocycles. The fourth-order valence-electron chi connectivity index (χ4n) is 1.95. The van der Waals surface area contributed by atoms with Crippen molar-refractivity contribution in [3.63, 3.8) is 0 Å². The molecule has 1 aliphatic rings. The summed E-state index contributed by atoms with van der Waals surface area (Å²) in [7, 11) is 2.20. The Morgan fingerprint density at radius 3 is 2.86 bits per heavy atom. The summed E-state index contributed by atoms with van der Waals surface area (Å²) in [6.45, 7) is 4.40. The van der Waals surface area contributed by atoms with Gasteiger partial charge in [0.15, 0.2) is 0 Å². The van der Waals surface area contributed by atoms with Gasteiger partial charge in [-0.2, -0.15) is 0 Å². The van der Waals surface area contributed by atoms with Gasteiger partial charge in [-0.1, -0.05) is 24.3 Å². The molecule has 2 rings (SSSR count). The van der Waals surface area contributed by atoms with Gasteiger partial charge in [0.1, 0.15) is 0 Å². The van der Waals surface area contributed by atoms with Gasteiger partial charge in [0.25, 0.3) is 0 Å². The minimum absolute atomic E-state index is 1.02. The molecule has 1 aromatic carbocycles. The predicted octanol–water partition coefficient (Wildman–Crippen LogP) is 1.61. The molecule has 0 aromatic heterocycles. The minimum atomic E-state index is 1.02. The van der Waals surface area contributed by atoms with Gasteiger partial charge in [-0.15, -0.1) is 0 Å². The van der Waals surface area contributed by atoms with Gasteiger partial charge in [-0.3, -0.25) is 0 Å². The predicted molar refractivity (Wildman–Crippen MR) is 59.1 cm³/mol.